The zero-order valence-corrected chi connectivity index (χ0v) is 9.34. The maximum absolute atomic E-state index is 11.8. The lowest BCUT2D eigenvalue weighted by Gasteiger charge is -2.13. The summed E-state index contributed by atoms with van der Waals surface area (Å²) in [5.74, 6) is -2.67. The third-order valence-corrected chi connectivity index (χ3v) is 3.10. The van der Waals surface area contributed by atoms with E-state index in [0.717, 1.165) is 6.07 Å². The second-order valence-electron chi connectivity index (χ2n) is 3.27. The first kappa shape index (κ1) is 12.1. The standard InChI is InChI=1S/C9H4N2O6S/c10-11-7-8(12)6-4(17-9(7)13)2-1-3-5(6)18(14,15)16/h1-3H,(H,14,15,16). The van der Waals surface area contributed by atoms with Crippen LogP contribution in [-0.4, -0.2) is 35.2 Å². The molecule has 8 nitrogen and oxygen atoms in total. The second-order valence-corrected chi connectivity index (χ2v) is 4.66. The summed E-state index contributed by atoms with van der Waals surface area (Å²) in [4.78, 5) is 24.7. The van der Waals surface area contributed by atoms with E-state index in [0.29, 0.717) is 0 Å². The third-order valence-electron chi connectivity index (χ3n) is 2.20. The Bertz CT molecular complexity index is 729. The van der Waals surface area contributed by atoms with Crippen molar-refractivity contribution in [3.05, 3.63) is 29.3 Å². The molecular weight excluding hydrogens is 264 g/mol. The van der Waals surface area contributed by atoms with Gasteiger partial charge in [-0.25, -0.2) is 4.79 Å². The number of benzene rings is 1. The molecule has 9 heteroatoms. The molecule has 0 spiro atoms. The van der Waals surface area contributed by atoms with Gasteiger partial charge in [-0.2, -0.15) is 13.2 Å². The number of carbonyl (C=O) groups is 2. The molecule has 1 aliphatic rings. The molecule has 0 aliphatic carbocycles. The maximum atomic E-state index is 11.8. The average Bonchev–Trinajstić information content (AvgIpc) is 2.27. The lowest BCUT2D eigenvalue weighted by Crippen LogP contribution is -2.35. The van der Waals surface area contributed by atoms with E-state index in [-0.39, 0.29) is 5.75 Å². The quantitative estimate of drug-likeness (QED) is 0.244. The Morgan fingerprint density at radius 2 is 1.94 bits per heavy atom. The van der Waals surface area contributed by atoms with Crippen molar-refractivity contribution in [1.82, 2.24) is 0 Å². The molecule has 0 saturated carbocycles. The van der Waals surface area contributed by atoms with Gasteiger partial charge in [0.05, 0.1) is 5.56 Å². The minimum atomic E-state index is -4.68. The van der Waals surface area contributed by atoms with Crippen molar-refractivity contribution >= 4 is 27.6 Å². The molecule has 92 valence electrons. The van der Waals surface area contributed by atoms with Gasteiger partial charge in [-0.05, 0) is 12.1 Å². The number of ether oxygens (including phenoxy) is 1. The van der Waals surface area contributed by atoms with Crippen molar-refractivity contribution in [2.45, 2.75) is 4.90 Å². The molecule has 1 heterocycles. The Morgan fingerprint density at radius 3 is 2.50 bits per heavy atom. The highest BCUT2D eigenvalue weighted by Crippen LogP contribution is 2.29. The monoisotopic (exact) mass is 268 g/mol. The van der Waals surface area contributed by atoms with E-state index in [1.165, 1.54) is 12.1 Å². The van der Waals surface area contributed by atoms with Crippen LogP contribution in [0.2, 0.25) is 0 Å². The first-order valence-electron chi connectivity index (χ1n) is 4.45. The van der Waals surface area contributed by atoms with Crippen LogP contribution in [0.3, 0.4) is 0 Å². The molecule has 0 atom stereocenters. The lowest BCUT2D eigenvalue weighted by atomic mass is 10.0. The van der Waals surface area contributed by atoms with Crippen LogP contribution in [0.1, 0.15) is 10.4 Å². The molecule has 1 aromatic rings. The number of ketones is 1. The molecular formula is C9H4N2O6S. The number of hydrogen-bond acceptors (Lipinski definition) is 5. The largest absolute Gasteiger partial charge is 0.447 e. The van der Waals surface area contributed by atoms with Crippen LogP contribution < -0.4 is 4.74 Å². The number of fused-ring (bicyclic) bond motifs is 1. The Kier molecular flexibility index (Phi) is 2.59. The van der Waals surface area contributed by atoms with Crippen molar-refractivity contribution in [3.8, 4) is 5.75 Å². The Morgan fingerprint density at radius 1 is 1.28 bits per heavy atom. The van der Waals surface area contributed by atoms with E-state index in [4.69, 9.17) is 10.1 Å². The highest BCUT2D eigenvalue weighted by atomic mass is 32.2. The second kappa shape index (κ2) is 3.84. The summed E-state index contributed by atoms with van der Waals surface area (Å²) >= 11 is 0. The SMILES string of the molecule is [N-]=[N+]=C1C(=O)Oc2cccc(S(=O)(=O)O)c2C1=O. The van der Waals surface area contributed by atoms with Crippen molar-refractivity contribution in [2.75, 3.05) is 0 Å². The minimum Gasteiger partial charge on any atom is -0.417 e. The predicted octanol–water partition coefficient (Wildman–Crippen LogP) is -0.294. The number of rotatable bonds is 1. The van der Waals surface area contributed by atoms with Gasteiger partial charge in [0.1, 0.15) is 10.6 Å². The molecule has 1 aliphatic heterocycles. The van der Waals surface area contributed by atoms with Gasteiger partial charge in [-0.3, -0.25) is 9.35 Å². The lowest BCUT2D eigenvalue weighted by molar-refractivity contribution is -0.131. The first-order valence-corrected chi connectivity index (χ1v) is 5.89. The van der Waals surface area contributed by atoms with Crippen LogP contribution in [0.4, 0.5) is 0 Å². The highest BCUT2D eigenvalue weighted by Gasteiger charge is 2.43. The Hall–Kier alpha value is -2.35. The summed E-state index contributed by atoms with van der Waals surface area (Å²) in [6, 6.07) is 3.32. The number of hydrogen-bond donors (Lipinski definition) is 1. The van der Waals surface area contributed by atoms with E-state index in [1.807, 2.05) is 0 Å². The summed E-state index contributed by atoms with van der Waals surface area (Å²) in [6.45, 7) is 0. The van der Waals surface area contributed by atoms with Gasteiger partial charge in [0.2, 0.25) is 0 Å². The van der Waals surface area contributed by atoms with Crippen LogP contribution in [0.15, 0.2) is 23.1 Å². The van der Waals surface area contributed by atoms with Crippen LogP contribution in [0.25, 0.3) is 5.53 Å². The topological polar surface area (TPSA) is 134 Å². The molecule has 2 rings (SSSR count). The molecule has 1 aromatic carbocycles. The van der Waals surface area contributed by atoms with Gasteiger partial charge in [0.15, 0.2) is 0 Å². The fraction of sp³-hybridized carbons (Fsp3) is 0. The third kappa shape index (κ3) is 1.72. The van der Waals surface area contributed by atoms with E-state index >= 15 is 0 Å². The summed E-state index contributed by atoms with van der Waals surface area (Å²) in [6.07, 6.45) is 0. The smallest absolute Gasteiger partial charge is 0.417 e. The number of nitrogens with zero attached hydrogens (tertiary/aromatic N) is 2. The van der Waals surface area contributed by atoms with E-state index in [2.05, 4.69) is 9.53 Å². The fourth-order valence-corrected chi connectivity index (χ4v) is 2.18. The van der Waals surface area contributed by atoms with Crippen molar-refractivity contribution < 1.29 is 32.1 Å². The Labute approximate surface area is 100 Å². The van der Waals surface area contributed by atoms with Crippen LogP contribution in [0.5, 0.6) is 5.75 Å². The summed E-state index contributed by atoms with van der Waals surface area (Å²) in [5.41, 5.74) is 7.00. The van der Waals surface area contributed by atoms with Crippen LogP contribution in [0, 0.1) is 0 Å². The maximum Gasteiger partial charge on any atom is 0.447 e. The number of carbonyl (C=O) groups excluding carboxylic acids is 2. The predicted molar refractivity (Wildman–Crippen MR) is 54.8 cm³/mol. The molecule has 18 heavy (non-hydrogen) atoms. The molecule has 0 amide bonds. The normalized spacial score (nSPS) is 14.8. The highest BCUT2D eigenvalue weighted by molar-refractivity contribution is 7.86. The fourth-order valence-electron chi connectivity index (χ4n) is 1.48. The van der Waals surface area contributed by atoms with Gasteiger partial charge in [0, 0.05) is 0 Å². The van der Waals surface area contributed by atoms with E-state index in [9.17, 15) is 18.0 Å². The zero-order chi connectivity index (χ0) is 13.5. The summed E-state index contributed by atoms with van der Waals surface area (Å²) in [7, 11) is -4.68. The van der Waals surface area contributed by atoms with Crippen molar-refractivity contribution in [1.29, 1.82) is 0 Å². The summed E-state index contributed by atoms with van der Waals surface area (Å²) in [5, 5.41) is 0. The van der Waals surface area contributed by atoms with E-state index in [1.54, 1.807) is 0 Å². The number of Topliss-reactive ketones (excluding diaryl/α,β-unsaturated/α-hetero) is 1. The number of esters is 1. The molecule has 1 N–H and O–H groups in total. The average molecular weight is 268 g/mol. The minimum absolute atomic E-state index is 0.326. The van der Waals surface area contributed by atoms with Gasteiger partial charge < -0.3 is 10.3 Å². The van der Waals surface area contributed by atoms with Crippen molar-refractivity contribution in [2.24, 2.45) is 0 Å². The molecule has 0 unspecified atom stereocenters. The molecule has 0 radical (unpaired) electrons. The van der Waals surface area contributed by atoms with Gasteiger partial charge >= 0.3 is 11.7 Å². The zero-order valence-electron chi connectivity index (χ0n) is 8.52. The molecule has 0 bridgehead atoms. The van der Waals surface area contributed by atoms with Crippen LogP contribution in [-0.2, 0) is 14.9 Å². The Balaban J connectivity index is 2.83. The van der Waals surface area contributed by atoms with E-state index < -0.39 is 38.0 Å². The van der Waals surface area contributed by atoms with Crippen LogP contribution >= 0.6 is 0 Å². The van der Waals surface area contributed by atoms with Crippen molar-refractivity contribution in [3.63, 3.8) is 0 Å². The first-order chi connectivity index (χ1) is 8.36. The van der Waals surface area contributed by atoms with Gasteiger partial charge in [-0.15, -0.1) is 0 Å². The molecule has 0 aromatic heterocycles. The molecule has 0 saturated heterocycles. The van der Waals surface area contributed by atoms with Gasteiger partial charge in [0.25, 0.3) is 15.9 Å². The molecule has 0 fully saturated rings. The summed E-state index contributed by atoms with van der Waals surface area (Å²) < 4.78 is 35.8. The van der Waals surface area contributed by atoms with Gasteiger partial charge in [-0.1, -0.05) is 6.07 Å².